The van der Waals surface area contributed by atoms with Crippen LogP contribution in [0.1, 0.15) is 33.3 Å². The summed E-state index contributed by atoms with van der Waals surface area (Å²) in [5.41, 5.74) is 1.56. The summed E-state index contributed by atoms with van der Waals surface area (Å²) >= 11 is 3.52. The summed E-state index contributed by atoms with van der Waals surface area (Å²) in [4.78, 5) is 2.39. The van der Waals surface area contributed by atoms with Gasteiger partial charge in [-0.1, -0.05) is 35.0 Å². The van der Waals surface area contributed by atoms with Gasteiger partial charge in [0.2, 0.25) is 0 Å². The van der Waals surface area contributed by atoms with Crippen LogP contribution in [0.2, 0.25) is 0 Å². The zero-order valence-corrected chi connectivity index (χ0v) is 14.4. The SMILES string of the molecule is CC(CNC(C)(C)C)CN(C)Cc1cccc(Br)c1. The van der Waals surface area contributed by atoms with Crippen LogP contribution in [0.3, 0.4) is 0 Å². The Morgan fingerprint density at radius 1 is 1.32 bits per heavy atom. The molecule has 1 aromatic rings. The largest absolute Gasteiger partial charge is 0.312 e. The standard InChI is InChI=1S/C16H27BrN2/c1-13(10-18-16(2,3)4)11-19(5)12-14-7-6-8-15(17)9-14/h6-9,13,18H,10-12H2,1-5H3. The molecule has 0 radical (unpaired) electrons. The summed E-state index contributed by atoms with van der Waals surface area (Å²) in [6.07, 6.45) is 0. The Balaban J connectivity index is 2.36. The van der Waals surface area contributed by atoms with E-state index in [-0.39, 0.29) is 5.54 Å². The average Bonchev–Trinajstić information content (AvgIpc) is 2.25. The number of rotatable bonds is 6. The lowest BCUT2D eigenvalue weighted by Gasteiger charge is -2.26. The predicted molar refractivity (Wildman–Crippen MR) is 87.4 cm³/mol. The van der Waals surface area contributed by atoms with Crippen LogP contribution in [0, 0.1) is 5.92 Å². The van der Waals surface area contributed by atoms with Gasteiger partial charge < -0.3 is 10.2 Å². The van der Waals surface area contributed by atoms with Crippen molar-refractivity contribution < 1.29 is 0 Å². The van der Waals surface area contributed by atoms with Crippen LogP contribution in [-0.2, 0) is 6.54 Å². The summed E-state index contributed by atoms with van der Waals surface area (Å²) < 4.78 is 1.15. The van der Waals surface area contributed by atoms with E-state index in [9.17, 15) is 0 Å². The van der Waals surface area contributed by atoms with Crippen LogP contribution < -0.4 is 5.32 Å². The number of benzene rings is 1. The minimum absolute atomic E-state index is 0.205. The van der Waals surface area contributed by atoms with E-state index < -0.39 is 0 Å². The van der Waals surface area contributed by atoms with Crippen LogP contribution >= 0.6 is 15.9 Å². The molecule has 1 N–H and O–H groups in total. The Morgan fingerprint density at radius 3 is 2.58 bits per heavy atom. The summed E-state index contributed by atoms with van der Waals surface area (Å²) in [5, 5.41) is 3.57. The third-order valence-electron chi connectivity index (χ3n) is 2.95. The van der Waals surface area contributed by atoms with Gasteiger partial charge >= 0.3 is 0 Å². The van der Waals surface area contributed by atoms with Crippen molar-refractivity contribution in [2.75, 3.05) is 20.1 Å². The lowest BCUT2D eigenvalue weighted by molar-refractivity contribution is 0.261. The second kappa shape index (κ2) is 7.41. The normalized spacial score (nSPS) is 13.8. The Morgan fingerprint density at radius 2 is 2.00 bits per heavy atom. The molecule has 0 saturated carbocycles. The van der Waals surface area contributed by atoms with Crippen LogP contribution in [0.15, 0.2) is 28.7 Å². The van der Waals surface area contributed by atoms with Gasteiger partial charge in [-0.3, -0.25) is 0 Å². The van der Waals surface area contributed by atoms with Crippen molar-refractivity contribution in [3.05, 3.63) is 34.3 Å². The van der Waals surface area contributed by atoms with Crippen LogP contribution in [-0.4, -0.2) is 30.6 Å². The molecule has 1 aromatic carbocycles. The number of hydrogen-bond acceptors (Lipinski definition) is 2. The molecule has 1 unspecified atom stereocenters. The number of nitrogens with one attached hydrogen (secondary N) is 1. The highest BCUT2D eigenvalue weighted by Crippen LogP contribution is 2.13. The minimum Gasteiger partial charge on any atom is -0.312 e. The molecule has 0 aliphatic rings. The van der Waals surface area contributed by atoms with Gasteiger partial charge in [0.1, 0.15) is 0 Å². The van der Waals surface area contributed by atoms with Gasteiger partial charge in [-0.2, -0.15) is 0 Å². The zero-order chi connectivity index (χ0) is 14.5. The third kappa shape index (κ3) is 7.71. The summed E-state index contributed by atoms with van der Waals surface area (Å²) in [6.45, 7) is 12.1. The van der Waals surface area contributed by atoms with E-state index in [2.05, 4.69) is 85.2 Å². The molecule has 0 heterocycles. The molecule has 0 fully saturated rings. The molecule has 0 aliphatic carbocycles. The van der Waals surface area contributed by atoms with E-state index in [0.29, 0.717) is 5.92 Å². The van der Waals surface area contributed by atoms with Crippen LogP contribution in [0.4, 0.5) is 0 Å². The summed E-state index contributed by atoms with van der Waals surface area (Å²) in [5.74, 6) is 0.649. The maximum atomic E-state index is 3.57. The first kappa shape index (κ1) is 16.7. The summed E-state index contributed by atoms with van der Waals surface area (Å²) in [6, 6.07) is 8.53. The quantitative estimate of drug-likeness (QED) is 0.852. The van der Waals surface area contributed by atoms with Crippen molar-refractivity contribution in [2.24, 2.45) is 5.92 Å². The van der Waals surface area contributed by atoms with Crippen molar-refractivity contribution in [1.29, 1.82) is 0 Å². The zero-order valence-electron chi connectivity index (χ0n) is 12.8. The number of nitrogens with zero attached hydrogens (tertiary/aromatic N) is 1. The molecule has 0 spiro atoms. The van der Waals surface area contributed by atoms with Crippen molar-refractivity contribution >= 4 is 15.9 Å². The fourth-order valence-corrected chi connectivity index (χ4v) is 2.54. The molecule has 1 atom stereocenters. The van der Waals surface area contributed by atoms with Gasteiger partial charge in [0, 0.05) is 23.1 Å². The first-order valence-electron chi connectivity index (χ1n) is 6.94. The molecule has 0 amide bonds. The van der Waals surface area contributed by atoms with Gasteiger partial charge in [-0.25, -0.2) is 0 Å². The van der Waals surface area contributed by atoms with Crippen LogP contribution in [0.5, 0.6) is 0 Å². The Labute approximate surface area is 126 Å². The highest BCUT2D eigenvalue weighted by atomic mass is 79.9. The minimum atomic E-state index is 0.205. The van der Waals surface area contributed by atoms with Crippen molar-refractivity contribution in [3.63, 3.8) is 0 Å². The van der Waals surface area contributed by atoms with Gasteiger partial charge in [0.05, 0.1) is 0 Å². The predicted octanol–water partition coefficient (Wildman–Crippen LogP) is 3.91. The molecule has 3 heteroatoms. The second-order valence-corrected chi connectivity index (χ2v) is 7.48. The van der Waals surface area contributed by atoms with E-state index in [1.54, 1.807) is 0 Å². The molecule has 1 rings (SSSR count). The molecular formula is C16H27BrN2. The lowest BCUT2D eigenvalue weighted by atomic mass is 10.1. The Bertz CT molecular complexity index is 385. The second-order valence-electron chi connectivity index (χ2n) is 6.56. The molecule has 0 bridgehead atoms. The molecule has 19 heavy (non-hydrogen) atoms. The lowest BCUT2D eigenvalue weighted by Crippen LogP contribution is -2.40. The fraction of sp³-hybridized carbons (Fsp3) is 0.625. The average molecular weight is 327 g/mol. The maximum absolute atomic E-state index is 3.57. The highest BCUT2D eigenvalue weighted by Gasteiger charge is 2.12. The van der Waals surface area contributed by atoms with E-state index in [4.69, 9.17) is 0 Å². The van der Waals surface area contributed by atoms with Gasteiger partial charge in [-0.05, 0) is 58.0 Å². The van der Waals surface area contributed by atoms with Crippen molar-refractivity contribution in [1.82, 2.24) is 10.2 Å². The number of hydrogen-bond donors (Lipinski definition) is 1. The van der Waals surface area contributed by atoms with E-state index in [1.165, 1.54) is 5.56 Å². The molecule has 2 nitrogen and oxygen atoms in total. The Kier molecular flexibility index (Phi) is 6.51. The first-order chi connectivity index (χ1) is 8.76. The maximum Gasteiger partial charge on any atom is 0.0231 e. The smallest absolute Gasteiger partial charge is 0.0231 e. The van der Waals surface area contributed by atoms with E-state index in [0.717, 1.165) is 24.1 Å². The molecular weight excluding hydrogens is 300 g/mol. The molecule has 108 valence electrons. The van der Waals surface area contributed by atoms with Gasteiger partial charge in [-0.15, -0.1) is 0 Å². The summed E-state index contributed by atoms with van der Waals surface area (Å²) in [7, 11) is 2.19. The Hall–Kier alpha value is -0.380. The molecule has 0 aromatic heterocycles. The van der Waals surface area contributed by atoms with Gasteiger partial charge in [0.25, 0.3) is 0 Å². The van der Waals surface area contributed by atoms with E-state index in [1.807, 2.05) is 0 Å². The van der Waals surface area contributed by atoms with Crippen molar-refractivity contribution in [2.45, 2.75) is 39.8 Å². The third-order valence-corrected chi connectivity index (χ3v) is 3.44. The van der Waals surface area contributed by atoms with Crippen LogP contribution in [0.25, 0.3) is 0 Å². The first-order valence-corrected chi connectivity index (χ1v) is 7.73. The monoisotopic (exact) mass is 326 g/mol. The highest BCUT2D eigenvalue weighted by molar-refractivity contribution is 9.10. The topological polar surface area (TPSA) is 15.3 Å². The fourth-order valence-electron chi connectivity index (χ4n) is 2.09. The van der Waals surface area contributed by atoms with Crippen molar-refractivity contribution in [3.8, 4) is 0 Å². The molecule has 0 aliphatic heterocycles. The molecule has 0 saturated heterocycles. The van der Waals surface area contributed by atoms with E-state index >= 15 is 0 Å². The van der Waals surface area contributed by atoms with Gasteiger partial charge in [0.15, 0.2) is 0 Å². The number of halogens is 1.